The van der Waals surface area contributed by atoms with Crippen molar-refractivity contribution in [3.63, 3.8) is 0 Å². The fraction of sp³-hybridized carbons (Fsp3) is 0.167. The summed E-state index contributed by atoms with van der Waals surface area (Å²) in [5.41, 5.74) is 0.623. The van der Waals surface area contributed by atoms with E-state index in [1.807, 2.05) is 16.8 Å². The molecule has 0 amide bonds. The SMILES string of the molecule is Fc1cc(F)c(C(Cl)Cc2ccsc2)c(F)c1. The van der Waals surface area contributed by atoms with Crippen molar-refractivity contribution in [2.24, 2.45) is 0 Å². The topological polar surface area (TPSA) is 0 Å². The zero-order valence-corrected chi connectivity index (χ0v) is 10.2. The smallest absolute Gasteiger partial charge is 0.133 e. The fourth-order valence-electron chi connectivity index (χ4n) is 1.57. The monoisotopic (exact) mass is 276 g/mol. The van der Waals surface area contributed by atoms with Gasteiger partial charge in [0.2, 0.25) is 0 Å². The van der Waals surface area contributed by atoms with Gasteiger partial charge in [-0.1, -0.05) is 0 Å². The Balaban J connectivity index is 2.27. The molecule has 0 bridgehead atoms. The number of benzene rings is 1. The molecule has 1 unspecified atom stereocenters. The van der Waals surface area contributed by atoms with Crippen molar-refractivity contribution in [3.05, 3.63) is 57.5 Å². The zero-order chi connectivity index (χ0) is 12.4. The lowest BCUT2D eigenvalue weighted by Crippen LogP contribution is -2.03. The van der Waals surface area contributed by atoms with E-state index in [9.17, 15) is 13.2 Å². The van der Waals surface area contributed by atoms with E-state index in [4.69, 9.17) is 11.6 Å². The van der Waals surface area contributed by atoms with Crippen molar-refractivity contribution in [1.82, 2.24) is 0 Å². The molecule has 1 heterocycles. The molecule has 90 valence electrons. The van der Waals surface area contributed by atoms with E-state index in [1.54, 1.807) is 0 Å². The lowest BCUT2D eigenvalue weighted by Gasteiger charge is -2.11. The minimum atomic E-state index is -0.947. The first-order valence-electron chi connectivity index (χ1n) is 4.87. The summed E-state index contributed by atoms with van der Waals surface area (Å²) >= 11 is 7.44. The van der Waals surface area contributed by atoms with Crippen LogP contribution in [0, 0.1) is 17.5 Å². The Morgan fingerprint density at radius 2 is 1.82 bits per heavy atom. The van der Waals surface area contributed by atoms with Gasteiger partial charge >= 0.3 is 0 Å². The fourth-order valence-corrected chi connectivity index (χ4v) is 2.64. The molecule has 0 aliphatic carbocycles. The molecule has 0 nitrogen and oxygen atoms in total. The van der Waals surface area contributed by atoms with Gasteiger partial charge < -0.3 is 0 Å². The minimum absolute atomic E-state index is 0.278. The molecular weight excluding hydrogens is 269 g/mol. The summed E-state index contributed by atoms with van der Waals surface area (Å²) in [6.07, 6.45) is 0.310. The van der Waals surface area contributed by atoms with Gasteiger partial charge in [0.15, 0.2) is 0 Å². The minimum Gasteiger partial charge on any atom is -0.207 e. The number of thiophene rings is 1. The highest BCUT2D eigenvalue weighted by molar-refractivity contribution is 7.07. The highest BCUT2D eigenvalue weighted by Gasteiger charge is 2.20. The molecule has 1 aromatic carbocycles. The second-order valence-corrected chi connectivity index (χ2v) is 4.89. The van der Waals surface area contributed by atoms with Crippen molar-refractivity contribution in [3.8, 4) is 0 Å². The average molecular weight is 277 g/mol. The Labute approximate surface area is 106 Å². The number of rotatable bonds is 3. The van der Waals surface area contributed by atoms with Gasteiger partial charge in [-0.25, -0.2) is 13.2 Å². The van der Waals surface area contributed by atoms with Crippen LogP contribution in [0.4, 0.5) is 13.2 Å². The predicted molar refractivity (Wildman–Crippen MR) is 62.9 cm³/mol. The van der Waals surface area contributed by atoms with E-state index in [0.717, 1.165) is 5.56 Å². The number of alkyl halides is 1. The second kappa shape index (κ2) is 5.10. The van der Waals surface area contributed by atoms with Crippen molar-refractivity contribution in [1.29, 1.82) is 0 Å². The highest BCUT2D eigenvalue weighted by atomic mass is 35.5. The first kappa shape index (κ1) is 12.5. The number of halogens is 4. The summed E-state index contributed by atoms with van der Waals surface area (Å²) < 4.78 is 39.6. The van der Waals surface area contributed by atoms with Crippen LogP contribution in [0.1, 0.15) is 16.5 Å². The van der Waals surface area contributed by atoms with E-state index in [2.05, 4.69) is 0 Å². The van der Waals surface area contributed by atoms with Crippen molar-refractivity contribution < 1.29 is 13.2 Å². The maximum atomic E-state index is 13.4. The largest absolute Gasteiger partial charge is 0.207 e. The van der Waals surface area contributed by atoms with E-state index in [0.29, 0.717) is 18.6 Å². The summed E-state index contributed by atoms with van der Waals surface area (Å²) in [6.45, 7) is 0. The molecule has 0 saturated carbocycles. The Bertz CT molecular complexity index is 487. The Morgan fingerprint density at radius 3 is 2.35 bits per heavy atom. The third kappa shape index (κ3) is 2.82. The van der Waals surface area contributed by atoms with Crippen molar-refractivity contribution in [2.45, 2.75) is 11.8 Å². The average Bonchev–Trinajstić information content (AvgIpc) is 2.68. The molecule has 0 radical (unpaired) electrons. The zero-order valence-electron chi connectivity index (χ0n) is 8.59. The van der Waals surface area contributed by atoms with Crippen LogP contribution in [0.15, 0.2) is 29.0 Å². The van der Waals surface area contributed by atoms with Crippen LogP contribution in [-0.4, -0.2) is 0 Å². The molecule has 0 N–H and O–H groups in total. The normalized spacial score (nSPS) is 12.7. The molecule has 1 aromatic heterocycles. The molecular formula is C12H8ClF3S. The van der Waals surface area contributed by atoms with Gasteiger partial charge in [0, 0.05) is 17.7 Å². The van der Waals surface area contributed by atoms with Crippen molar-refractivity contribution in [2.75, 3.05) is 0 Å². The maximum Gasteiger partial charge on any atom is 0.133 e. The second-order valence-electron chi connectivity index (χ2n) is 3.59. The summed E-state index contributed by atoms with van der Waals surface area (Å²) in [6, 6.07) is 3.11. The van der Waals surface area contributed by atoms with Crippen LogP contribution in [0.25, 0.3) is 0 Å². The van der Waals surface area contributed by atoms with E-state index >= 15 is 0 Å². The van der Waals surface area contributed by atoms with Crippen LogP contribution >= 0.6 is 22.9 Å². The Hall–Kier alpha value is -1.00. The van der Waals surface area contributed by atoms with E-state index in [1.165, 1.54) is 11.3 Å². The molecule has 17 heavy (non-hydrogen) atoms. The summed E-state index contributed by atoms with van der Waals surface area (Å²) in [5, 5.41) is 2.87. The van der Waals surface area contributed by atoms with E-state index < -0.39 is 22.8 Å². The van der Waals surface area contributed by atoms with Gasteiger partial charge in [-0.15, -0.1) is 11.6 Å². The first-order valence-corrected chi connectivity index (χ1v) is 6.25. The number of hydrogen-bond acceptors (Lipinski definition) is 1. The molecule has 1 atom stereocenters. The van der Waals surface area contributed by atoms with Gasteiger partial charge in [-0.05, 0) is 28.8 Å². The van der Waals surface area contributed by atoms with Gasteiger partial charge in [0.05, 0.1) is 5.38 Å². The summed E-state index contributed by atoms with van der Waals surface area (Å²) in [5.74, 6) is -2.83. The van der Waals surface area contributed by atoms with Gasteiger partial charge in [0.1, 0.15) is 17.5 Å². The lowest BCUT2D eigenvalue weighted by atomic mass is 10.0. The molecule has 0 spiro atoms. The lowest BCUT2D eigenvalue weighted by molar-refractivity contribution is 0.520. The van der Waals surface area contributed by atoms with Crippen LogP contribution in [0.3, 0.4) is 0 Å². The standard InChI is InChI=1S/C12H8ClF3S/c13-9(3-7-1-2-17-6-7)12-10(15)4-8(14)5-11(12)16/h1-2,4-6,9H,3H2. The summed E-state index contributed by atoms with van der Waals surface area (Å²) in [4.78, 5) is 0. The number of hydrogen-bond donors (Lipinski definition) is 0. The van der Waals surface area contributed by atoms with E-state index in [-0.39, 0.29) is 5.56 Å². The third-order valence-corrected chi connectivity index (χ3v) is 3.46. The predicted octanol–water partition coefficient (Wildman–Crippen LogP) is 4.69. The Morgan fingerprint density at radius 1 is 1.18 bits per heavy atom. The first-order chi connectivity index (χ1) is 8.08. The van der Waals surface area contributed by atoms with Crippen LogP contribution in [-0.2, 0) is 6.42 Å². The van der Waals surface area contributed by atoms with Gasteiger partial charge in [-0.3, -0.25) is 0 Å². The molecule has 2 aromatic rings. The van der Waals surface area contributed by atoms with Crippen LogP contribution in [0.2, 0.25) is 0 Å². The molecule has 0 fully saturated rings. The molecule has 0 saturated heterocycles. The molecule has 0 aliphatic heterocycles. The molecule has 0 aliphatic rings. The summed E-state index contributed by atoms with van der Waals surface area (Å²) in [7, 11) is 0. The molecule has 5 heteroatoms. The molecule has 2 rings (SSSR count). The maximum absolute atomic E-state index is 13.4. The van der Waals surface area contributed by atoms with Gasteiger partial charge in [-0.2, -0.15) is 11.3 Å². The van der Waals surface area contributed by atoms with Crippen LogP contribution < -0.4 is 0 Å². The Kier molecular flexibility index (Phi) is 3.74. The van der Waals surface area contributed by atoms with Crippen molar-refractivity contribution >= 4 is 22.9 Å². The van der Waals surface area contributed by atoms with Gasteiger partial charge in [0.25, 0.3) is 0 Å². The third-order valence-electron chi connectivity index (χ3n) is 2.35. The quantitative estimate of drug-likeness (QED) is 0.714. The van der Waals surface area contributed by atoms with Crippen LogP contribution in [0.5, 0.6) is 0 Å². The highest BCUT2D eigenvalue weighted by Crippen LogP contribution is 2.30.